The smallest absolute Gasteiger partial charge is 0.274 e. The number of carbonyl (C=O) groups is 1. The molecule has 2 rings (SSSR count). The Morgan fingerprint density at radius 1 is 1.48 bits per heavy atom. The Bertz CT molecular complexity index is 638. The van der Waals surface area contributed by atoms with Crippen LogP contribution in [0.5, 0.6) is 0 Å². The minimum Gasteiger partial charge on any atom is -0.389 e. The number of pyridine rings is 1. The van der Waals surface area contributed by atoms with Crippen molar-refractivity contribution in [3.05, 3.63) is 42.0 Å². The normalized spacial score (nSPS) is 10.3. The SMILES string of the molecule is COCCn1cc(NC(=O)c2ccc(C(N)=S)cn2)cn1. The van der Waals surface area contributed by atoms with E-state index in [9.17, 15) is 4.79 Å². The van der Waals surface area contributed by atoms with Gasteiger partial charge < -0.3 is 15.8 Å². The van der Waals surface area contributed by atoms with E-state index in [1.165, 1.54) is 6.20 Å². The molecule has 1 amide bonds. The molecule has 110 valence electrons. The number of aromatic nitrogens is 3. The first-order chi connectivity index (χ1) is 10.1. The highest BCUT2D eigenvalue weighted by Gasteiger charge is 2.09. The molecule has 0 spiro atoms. The van der Waals surface area contributed by atoms with Crippen molar-refractivity contribution < 1.29 is 9.53 Å². The lowest BCUT2D eigenvalue weighted by molar-refractivity contribution is 0.102. The lowest BCUT2D eigenvalue weighted by Crippen LogP contribution is -2.15. The van der Waals surface area contributed by atoms with E-state index < -0.39 is 0 Å². The van der Waals surface area contributed by atoms with E-state index in [1.54, 1.807) is 36.3 Å². The fourth-order valence-corrected chi connectivity index (χ4v) is 1.73. The molecule has 2 aromatic heterocycles. The summed E-state index contributed by atoms with van der Waals surface area (Å²) in [5, 5.41) is 6.82. The van der Waals surface area contributed by atoms with E-state index in [4.69, 9.17) is 22.7 Å². The standard InChI is InChI=1S/C13H15N5O2S/c1-20-5-4-18-8-10(7-16-18)17-13(19)11-3-2-9(6-15-11)12(14)21/h2-3,6-8H,4-5H2,1H3,(H2,14,21)(H,17,19). The summed E-state index contributed by atoms with van der Waals surface area (Å²) in [6.45, 7) is 1.17. The summed E-state index contributed by atoms with van der Waals surface area (Å²) < 4.78 is 6.64. The third-order valence-electron chi connectivity index (χ3n) is 2.70. The average molecular weight is 305 g/mol. The summed E-state index contributed by atoms with van der Waals surface area (Å²) in [6, 6.07) is 3.23. The van der Waals surface area contributed by atoms with Gasteiger partial charge in [0.2, 0.25) is 0 Å². The van der Waals surface area contributed by atoms with Gasteiger partial charge in [-0.15, -0.1) is 0 Å². The van der Waals surface area contributed by atoms with Gasteiger partial charge in [0.15, 0.2) is 0 Å². The zero-order chi connectivity index (χ0) is 15.2. The number of nitrogens with two attached hydrogens (primary N) is 1. The van der Waals surface area contributed by atoms with Crippen LogP contribution in [0.3, 0.4) is 0 Å². The Morgan fingerprint density at radius 2 is 2.29 bits per heavy atom. The highest BCUT2D eigenvalue weighted by Crippen LogP contribution is 2.08. The van der Waals surface area contributed by atoms with E-state index in [0.717, 1.165) is 0 Å². The summed E-state index contributed by atoms with van der Waals surface area (Å²) >= 11 is 4.83. The number of hydrogen-bond donors (Lipinski definition) is 2. The zero-order valence-corrected chi connectivity index (χ0v) is 12.3. The number of nitrogens with one attached hydrogen (secondary N) is 1. The second-order valence-corrected chi connectivity index (χ2v) is 4.68. The quantitative estimate of drug-likeness (QED) is 0.767. The fraction of sp³-hybridized carbons (Fsp3) is 0.231. The van der Waals surface area contributed by atoms with Gasteiger partial charge in [0.05, 0.1) is 25.0 Å². The maximum Gasteiger partial charge on any atom is 0.274 e. The van der Waals surface area contributed by atoms with Crippen molar-refractivity contribution in [1.29, 1.82) is 0 Å². The van der Waals surface area contributed by atoms with Crippen LogP contribution in [-0.2, 0) is 11.3 Å². The summed E-state index contributed by atoms with van der Waals surface area (Å²) in [5.74, 6) is -0.323. The predicted molar refractivity (Wildman–Crippen MR) is 82.2 cm³/mol. The van der Waals surface area contributed by atoms with E-state index in [1.807, 2.05) is 0 Å². The number of ether oxygens (including phenoxy) is 1. The zero-order valence-electron chi connectivity index (χ0n) is 11.4. The Labute approximate surface area is 127 Å². The minimum atomic E-state index is -0.323. The number of rotatable bonds is 6. The van der Waals surface area contributed by atoms with E-state index in [-0.39, 0.29) is 16.6 Å². The van der Waals surface area contributed by atoms with Gasteiger partial charge in [-0.05, 0) is 12.1 Å². The molecule has 0 aromatic carbocycles. The van der Waals surface area contributed by atoms with Crippen LogP contribution < -0.4 is 11.1 Å². The Morgan fingerprint density at radius 3 is 2.90 bits per heavy atom. The molecule has 0 unspecified atom stereocenters. The number of carbonyl (C=O) groups excluding carboxylic acids is 1. The molecule has 0 aliphatic rings. The maximum atomic E-state index is 12.0. The molecular formula is C13H15N5O2S. The van der Waals surface area contributed by atoms with Crippen LogP contribution >= 0.6 is 12.2 Å². The topological polar surface area (TPSA) is 95.1 Å². The van der Waals surface area contributed by atoms with Gasteiger partial charge in [0, 0.05) is 25.1 Å². The third-order valence-corrected chi connectivity index (χ3v) is 2.93. The van der Waals surface area contributed by atoms with Gasteiger partial charge in [-0.3, -0.25) is 14.5 Å². The van der Waals surface area contributed by atoms with Crippen molar-refractivity contribution in [3.8, 4) is 0 Å². The second kappa shape index (κ2) is 6.91. The summed E-state index contributed by atoms with van der Waals surface area (Å²) in [5.41, 5.74) is 6.97. The van der Waals surface area contributed by atoms with Crippen molar-refractivity contribution in [2.45, 2.75) is 6.54 Å². The first kappa shape index (κ1) is 15.1. The molecule has 0 radical (unpaired) electrons. The molecule has 0 saturated carbocycles. The van der Waals surface area contributed by atoms with E-state index in [0.29, 0.717) is 24.4 Å². The highest BCUT2D eigenvalue weighted by molar-refractivity contribution is 7.80. The van der Waals surface area contributed by atoms with Gasteiger partial charge in [-0.2, -0.15) is 5.10 Å². The van der Waals surface area contributed by atoms with E-state index >= 15 is 0 Å². The van der Waals surface area contributed by atoms with Gasteiger partial charge in [-0.25, -0.2) is 0 Å². The lowest BCUT2D eigenvalue weighted by Gasteiger charge is -2.03. The monoisotopic (exact) mass is 305 g/mol. The first-order valence-corrected chi connectivity index (χ1v) is 6.59. The van der Waals surface area contributed by atoms with Crippen molar-refractivity contribution in [3.63, 3.8) is 0 Å². The van der Waals surface area contributed by atoms with Crippen molar-refractivity contribution in [2.24, 2.45) is 5.73 Å². The van der Waals surface area contributed by atoms with Gasteiger partial charge in [0.1, 0.15) is 10.7 Å². The molecular weight excluding hydrogens is 290 g/mol. The Hall–Kier alpha value is -2.32. The van der Waals surface area contributed by atoms with Gasteiger partial charge in [-0.1, -0.05) is 12.2 Å². The van der Waals surface area contributed by atoms with Crippen molar-refractivity contribution in [2.75, 3.05) is 19.0 Å². The highest BCUT2D eigenvalue weighted by atomic mass is 32.1. The second-order valence-electron chi connectivity index (χ2n) is 4.24. The van der Waals surface area contributed by atoms with Crippen LogP contribution in [0.4, 0.5) is 5.69 Å². The molecule has 0 atom stereocenters. The van der Waals surface area contributed by atoms with Crippen LogP contribution in [0.1, 0.15) is 16.1 Å². The third kappa shape index (κ3) is 4.07. The van der Waals surface area contributed by atoms with Crippen molar-refractivity contribution in [1.82, 2.24) is 14.8 Å². The molecule has 7 nitrogen and oxygen atoms in total. The number of anilines is 1. The molecule has 3 N–H and O–H groups in total. The van der Waals surface area contributed by atoms with Crippen LogP contribution in [-0.4, -0.2) is 39.4 Å². The predicted octanol–water partition coefficient (Wildman–Crippen LogP) is 0.811. The fourth-order valence-electron chi connectivity index (χ4n) is 1.60. The number of hydrogen-bond acceptors (Lipinski definition) is 5. The molecule has 0 aliphatic heterocycles. The number of methoxy groups -OCH3 is 1. The molecule has 21 heavy (non-hydrogen) atoms. The van der Waals surface area contributed by atoms with Gasteiger partial charge in [0.25, 0.3) is 5.91 Å². The molecule has 2 heterocycles. The van der Waals surface area contributed by atoms with E-state index in [2.05, 4.69) is 15.4 Å². The molecule has 2 aromatic rings. The molecule has 0 fully saturated rings. The van der Waals surface area contributed by atoms with Crippen LogP contribution in [0, 0.1) is 0 Å². The summed E-state index contributed by atoms with van der Waals surface area (Å²) in [4.78, 5) is 16.3. The minimum absolute atomic E-state index is 0.244. The number of amides is 1. The largest absolute Gasteiger partial charge is 0.389 e. The lowest BCUT2D eigenvalue weighted by atomic mass is 10.2. The van der Waals surface area contributed by atoms with Crippen LogP contribution in [0.25, 0.3) is 0 Å². The first-order valence-electron chi connectivity index (χ1n) is 6.18. The van der Waals surface area contributed by atoms with Crippen LogP contribution in [0.15, 0.2) is 30.7 Å². The summed E-state index contributed by atoms with van der Waals surface area (Å²) in [7, 11) is 1.62. The maximum absolute atomic E-state index is 12.0. The van der Waals surface area contributed by atoms with Gasteiger partial charge >= 0.3 is 0 Å². The number of nitrogens with zero attached hydrogens (tertiary/aromatic N) is 3. The molecule has 0 aliphatic carbocycles. The van der Waals surface area contributed by atoms with Crippen LogP contribution in [0.2, 0.25) is 0 Å². The number of thiocarbonyl (C=S) groups is 1. The van der Waals surface area contributed by atoms with Crippen molar-refractivity contribution >= 4 is 28.8 Å². The molecule has 0 saturated heterocycles. The Kier molecular flexibility index (Phi) is 4.96. The molecule has 8 heteroatoms. The summed E-state index contributed by atoms with van der Waals surface area (Å²) in [6.07, 6.45) is 4.76. The molecule has 0 bridgehead atoms. The Balaban J connectivity index is 2.00. The average Bonchev–Trinajstić information content (AvgIpc) is 2.92.